The number of hydrogen-bond acceptors (Lipinski definition) is 7. The third-order valence-corrected chi connectivity index (χ3v) is 11.8. The Morgan fingerprint density at radius 3 is 1.53 bits per heavy atom. The Balaban J connectivity index is 1.70. The van der Waals surface area contributed by atoms with E-state index in [1.54, 1.807) is 0 Å². The van der Waals surface area contributed by atoms with Gasteiger partial charge in [-0.3, -0.25) is 9.59 Å². The van der Waals surface area contributed by atoms with Gasteiger partial charge in [0.25, 0.3) is 11.8 Å². The number of imide groups is 1. The Hall–Kier alpha value is -2.55. The van der Waals surface area contributed by atoms with Crippen LogP contribution >= 0.6 is 0 Å². The number of amides is 2. The highest BCUT2D eigenvalue weighted by molar-refractivity contribution is 6.01. The molecule has 0 bridgehead atoms. The van der Waals surface area contributed by atoms with Gasteiger partial charge >= 0.3 is 5.97 Å². The van der Waals surface area contributed by atoms with E-state index >= 15 is 0 Å². The van der Waals surface area contributed by atoms with E-state index in [9.17, 15) is 14.4 Å². The van der Waals surface area contributed by atoms with Crippen LogP contribution < -0.4 is 0 Å². The number of hydroxylamine groups is 2. The van der Waals surface area contributed by atoms with Crippen LogP contribution in [0.15, 0.2) is 48.6 Å². The number of ether oxygens (including phenoxy) is 2. The summed E-state index contributed by atoms with van der Waals surface area (Å²) in [5.74, 6) is -1.88. The second-order valence-corrected chi connectivity index (χ2v) is 18.0. The van der Waals surface area contributed by atoms with E-state index in [0.29, 0.717) is 18.1 Å². The van der Waals surface area contributed by atoms with Gasteiger partial charge in [0, 0.05) is 38.6 Å². The second kappa shape index (κ2) is 35.0. The molecule has 344 valence electrons. The van der Waals surface area contributed by atoms with Crippen LogP contribution in [0.1, 0.15) is 226 Å². The Morgan fingerprint density at radius 1 is 0.617 bits per heavy atom. The molecule has 0 aliphatic carbocycles. The second-order valence-electron chi connectivity index (χ2n) is 18.0. The molecule has 2 aliphatic heterocycles. The van der Waals surface area contributed by atoms with Crippen molar-refractivity contribution in [2.75, 3.05) is 26.7 Å². The fraction of sp³-hybridized carbons (Fsp3) is 0.788. The van der Waals surface area contributed by atoms with E-state index in [0.717, 1.165) is 64.5 Å². The maximum Gasteiger partial charge on any atom is 0.333 e. The monoisotopic (exact) mass is 839 g/mol. The lowest BCUT2D eigenvalue weighted by molar-refractivity contribution is -0.197. The van der Waals surface area contributed by atoms with E-state index in [1.165, 1.54) is 128 Å². The van der Waals surface area contributed by atoms with Crippen molar-refractivity contribution < 1.29 is 28.7 Å². The lowest BCUT2D eigenvalue weighted by atomic mass is 9.98. The van der Waals surface area contributed by atoms with Gasteiger partial charge in [0.2, 0.25) is 0 Å². The summed E-state index contributed by atoms with van der Waals surface area (Å²) in [5.41, 5.74) is -0.357. The van der Waals surface area contributed by atoms with Crippen LogP contribution in [-0.2, 0) is 28.7 Å². The van der Waals surface area contributed by atoms with Gasteiger partial charge in [-0.05, 0) is 110 Å². The van der Waals surface area contributed by atoms with Gasteiger partial charge in [-0.15, -0.1) is 5.06 Å². The number of unbranched alkanes of at least 4 members (excludes halogenated alkanes) is 20. The third-order valence-electron chi connectivity index (χ3n) is 11.8. The number of likely N-dealkylation sites (N-methyl/N-ethyl adjacent to an activating group) is 1. The zero-order chi connectivity index (χ0) is 43.4. The molecule has 0 radical (unpaired) electrons. The molecule has 2 aliphatic rings. The maximum atomic E-state index is 12.2. The van der Waals surface area contributed by atoms with E-state index in [2.05, 4.69) is 81.3 Å². The van der Waals surface area contributed by atoms with Gasteiger partial charge in [-0.25, -0.2) is 4.79 Å². The smallest absolute Gasteiger partial charge is 0.333 e. The van der Waals surface area contributed by atoms with Crippen LogP contribution in [0.2, 0.25) is 0 Å². The van der Waals surface area contributed by atoms with Crippen LogP contribution in [0.25, 0.3) is 0 Å². The largest absolute Gasteiger partial charge is 0.347 e. The van der Waals surface area contributed by atoms with Crippen LogP contribution in [0.4, 0.5) is 0 Å². The number of allylic oxidation sites excluding steroid dienone is 8. The molecule has 8 nitrogen and oxygen atoms in total. The molecule has 2 saturated heterocycles. The van der Waals surface area contributed by atoms with Crippen molar-refractivity contribution in [2.45, 2.75) is 238 Å². The third kappa shape index (κ3) is 26.7. The highest BCUT2D eigenvalue weighted by atomic mass is 16.8. The lowest BCUT2D eigenvalue weighted by Crippen LogP contribution is -2.43. The first-order valence-electron chi connectivity index (χ1n) is 24.9. The molecular weight excluding hydrogens is 749 g/mol. The first kappa shape index (κ1) is 53.6. The summed E-state index contributed by atoms with van der Waals surface area (Å²) in [5, 5.41) is 0.633. The molecule has 1 atom stereocenters. The van der Waals surface area contributed by atoms with Gasteiger partial charge in [-0.2, -0.15) is 0 Å². The molecule has 0 unspecified atom stereocenters. The summed E-state index contributed by atoms with van der Waals surface area (Å²) in [6.45, 7) is 9.02. The zero-order valence-corrected chi connectivity index (χ0v) is 39.2. The Kier molecular flexibility index (Phi) is 31.2. The fourth-order valence-corrected chi connectivity index (χ4v) is 8.29. The number of carbonyl (C=O) groups excluding carboxylic acids is 3. The van der Waals surface area contributed by atoms with Gasteiger partial charge in [0.1, 0.15) is 5.60 Å². The topological polar surface area (TPSA) is 85.4 Å². The fourth-order valence-electron chi connectivity index (χ4n) is 8.29. The van der Waals surface area contributed by atoms with Gasteiger partial charge in [0.05, 0.1) is 6.61 Å². The van der Waals surface area contributed by atoms with Crippen LogP contribution in [0.3, 0.4) is 0 Å². The maximum absolute atomic E-state index is 12.2. The summed E-state index contributed by atoms with van der Waals surface area (Å²) in [6.07, 6.45) is 53.4. The van der Waals surface area contributed by atoms with Crippen molar-refractivity contribution >= 4 is 17.8 Å². The molecule has 2 heterocycles. The minimum atomic E-state index is -0.521. The van der Waals surface area contributed by atoms with Crippen LogP contribution in [-0.4, -0.2) is 65.9 Å². The molecule has 0 aromatic heterocycles. The summed E-state index contributed by atoms with van der Waals surface area (Å²) in [7, 11) is 2.14. The van der Waals surface area contributed by atoms with Crippen molar-refractivity contribution in [3.8, 4) is 0 Å². The normalized spacial score (nSPS) is 18.3. The lowest BCUT2D eigenvalue weighted by Gasteiger charge is -2.33. The van der Waals surface area contributed by atoms with E-state index in [1.807, 2.05) is 0 Å². The summed E-state index contributed by atoms with van der Waals surface area (Å²) < 4.78 is 13.7. The van der Waals surface area contributed by atoms with Crippen molar-refractivity contribution in [2.24, 2.45) is 0 Å². The standard InChI is InChI=1S/C52H90N2O6/c1-5-7-9-11-13-15-17-19-21-23-25-27-29-31-33-37-43-52(44-38-34-32-30-28-26-24-22-20-18-16-14-12-10-8-6-2)58-47-51(3,60-52)46-53(4)45-39-35-36-40-50(57)59-54-48(55)41-42-49(54)56/h13-16,19-22H,5-12,17-18,23-47H2,1-4H3/b15-13-,16-14-,21-19-,22-20-/t51-/m0/s1. The molecule has 2 fully saturated rings. The zero-order valence-electron chi connectivity index (χ0n) is 39.2. The first-order valence-corrected chi connectivity index (χ1v) is 24.9. The molecule has 0 spiro atoms. The van der Waals surface area contributed by atoms with E-state index < -0.39 is 23.6 Å². The number of rotatable bonds is 39. The van der Waals surface area contributed by atoms with E-state index in [4.69, 9.17) is 14.3 Å². The van der Waals surface area contributed by atoms with Gasteiger partial charge < -0.3 is 19.2 Å². The average molecular weight is 839 g/mol. The molecule has 0 saturated carbocycles. The van der Waals surface area contributed by atoms with Gasteiger partial charge in [0.15, 0.2) is 5.79 Å². The average Bonchev–Trinajstić information content (AvgIpc) is 3.73. The Labute approximate surface area is 368 Å². The Bertz CT molecular complexity index is 1180. The van der Waals surface area contributed by atoms with Crippen molar-refractivity contribution in [3.63, 3.8) is 0 Å². The number of carbonyl (C=O) groups is 3. The molecule has 0 N–H and O–H groups in total. The minimum Gasteiger partial charge on any atom is -0.347 e. The van der Waals surface area contributed by atoms with E-state index in [-0.39, 0.29) is 24.9 Å². The molecule has 0 aromatic carbocycles. The quantitative estimate of drug-likeness (QED) is 0.0346. The van der Waals surface area contributed by atoms with Crippen molar-refractivity contribution in [1.82, 2.24) is 9.96 Å². The molecular formula is C52H90N2O6. The molecule has 8 heteroatoms. The highest BCUT2D eigenvalue weighted by Gasteiger charge is 2.47. The summed E-state index contributed by atoms with van der Waals surface area (Å²) in [6, 6.07) is 0. The van der Waals surface area contributed by atoms with Gasteiger partial charge in [-0.1, -0.05) is 146 Å². The highest BCUT2D eigenvalue weighted by Crippen LogP contribution is 2.39. The minimum absolute atomic E-state index is 0.111. The number of nitrogens with zero attached hydrogens (tertiary/aromatic N) is 2. The molecule has 2 rings (SSSR count). The summed E-state index contributed by atoms with van der Waals surface area (Å²) in [4.78, 5) is 42.9. The van der Waals surface area contributed by atoms with Crippen molar-refractivity contribution in [3.05, 3.63) is 48.6 Å². The van der Waals surface area contributed by atoms with Crippen LogP contribution in [0.5, 0.6) is 0 Å². The molecule has 0 aromatic rings. The SMILES string of the molecule is CCCCC/C=C\C/C=C\CCCCCCCCC1(CCCCCCCC/C=C\C/C=C\CCCCC)OC[C@](C)(CN(C)CCCCCC(=O)ON2C(=O)CCC2=O)O1. The molecule has 60 heavy (non-hydrogen) atoms. The van der Waals surface area contributed by atoms with Crippen LogP contribution in [0, 0.1) is 0 Å². The predicted octanol–water partition coefficient (Wildman–Crippen LogP) is 14.0. The summed E-state index contributed by atoms with van der Waals surface area (Å²) >= 11 is 0. The number of hydrogen-bond donors (Lipinski definition) is 0. The van der Waals surface area contributed by atoms with Crippen molar-refractivity contribution in [1.29, 1.82) is 0 Å². The predicted molar refractivity (Wildman–Crippen MR) is 249 cm³/mol. The first-order chi connectivity index (χ1) is 29.2. The Morgan fingerprint density at radius 2 is 1.05 bits per heavy atom. The molecule has 2 amide bonds.